The molecule has 2 fully saturated rings. The molecule has 1 N–H and O–H groups in total. The fraction of sp³-hybridized carbons (Fsp3) is 0.583. The zero-order chi connectivity index (χ0) is 23.1. The summed E-state index contributed by atoms with van der Waals surface area (Å²) in [5.74, 6) is 2.58. The fourth-order valence-corrected chi connectivity index (χ4v) is 5.44. The minimum absolute atomic E-state index is 0.0988. The third-order valence-corrected chi connectivity index (χ3v) is 7.09. The number of rotatable bonds is 5. The van der Waals surface area contributed by atoms with Crippen LogP contribution in [-0.2, 0) is 11.3 Å². The Kier molecular flexibility index (Phi) is 5.70. The van der Waals surface area contributed by atoms with Gasteiger partial charge in [-0.15, -0.1) is 5.10 Å². The Morgan fingerprint density at radius 2 is 1.97 bits per heavy atom. The second-order valence-corrected chi connectivity index (χ2v) is 9.64. The van der Waals surface area contributed by atoms with Crippen LogP contribution < -0.4 is 15.0 Å². The molecular weight excluding hydrogens is 436 g/mol. The summed E-state index contributed by atoms with van der Waals surface area (Å²) in [5, 5.41) is 13.6. The molecule has 1 aromatic carbocycles. The Hall–Kier alpha value is -2.98. The fourth-order valence-electron chi connectivity index (χ4n) is 5.44. The van der Waals surface area contributed by atoms with Gasteiger partial charge >= 0.3 is 0 Å². The average Bonchev–Trinajstić information content (AvgIpc) is 3.51. The summed E-state index contributed by atoms with van der Waals surface area (Å²) >= 11 is 0. The molecule has 5 heterocycles. The van der Waals surface area contributed by atoms with Crippen LogP contribution >= 0.6 is 0 Å². The van der Waals surface area contributed by atoms with Crippen LogP contribution in [0.3, 0.4) is 0 Å². The third kappa shape index (κ3) is 4.05. The quantitative estimate of drug-likeness (QED) is 0.610. The molecule has 3 aromatic rings. The highest BCUT2D eigenvalue weighted by atomic mass is 16.6. The van der Waals surface area contributed by atoms with E-state index in [9.17, 15) is 4.79 Å². The SMILES string of the molecule is C[C@@H]1CCCN([C@H](c2cc3cc4c(cc3[nH]c2=O)OCCO4)c2nnnn2C[C@@H]2CCCO2)C1. The second kappa shape index (κ2) is 8.99. The van der Waals surface area contributed by atoms with Crippen LogP contribution in [0.2, 0.25) is 0 Å². The van der Waals surface area contributed by atoms with Crippen molar-refractivity contribution in [3.8, 4) is 11.5 Å². The maximum atomic E-state index is 13.5. The van der Waals surface area contributed by atoms with Crippen LogP contribution in [-0.4, -0.2) is 69.1 Å². The van der Waals surface area contributed by atoms with Crippen molar-refractivity contribution < 1.29 is 14.2 Å². The largest absolute Gasteiger partial charge is 0.486 e. The minimum Gasteiger partial charge on any atom is -0.486 e. The molecule has 0 aliphatic carbocycles. The molecule has 0 spiro atoms. The Bertz CT molecular complexity index is 1230. The van der Waals surface area contributed by atoms with Crippen molar-refractivity contribution in [2.24, 2.45) is 5.92 Å². The molecule has 3 atom stereocenters. The number of ether oxygens (including phenoxy) is 3. The molecule has 180 valence electrons. The zero-order valence-electron chi connectivity index (χ0n) is 19.4. The molecule has 10 heteroatoms. The number of H-pyrrole nitrogens is 1. The van der Waals surface area contributed by atoms with Crippen molar-refractivity contribution in [1.29, 1.82) is 0 Å². The molecule has 0 unspecified atom stereocenters. The maximum absolute atomic E-state index is 13.5. The third-order valence-electron chi connectivity index (χ3n) is 7.09. The first-order chi connectivity index (χ1) is 16.7. The number of likely N-dealkylation sites (tertiary alicyclic amines) is 1. The number of nitrogens with zero attached hydrogens (tertiary/aromatic N) is 5. The lowest BCUT2D eigenvalue weighted by Crippen LogP contribution is -2.41. The van der Waals surface area contributed by atoms with E-state index >= 15 is 0 Å². The zero-order valence-corrected chi connectivity index (χ0v) is 19.4. The molecule has 2 aromatic heterocycles. The van der Waals surface area contributed by atoms with Gasteiger partial charge in [0, 0.05) is 30.2 Å². The van der Waals surface area contributed by atoms with Gasteiger partial charge < -0.3 is 19.2 Å². The summed E-state index contributed by atoms with van der Waals surface area (Å²) in [6.45, 7) is 6.41. The van der Waals surface area contributed by atoms with E-state index in [2.05, 4.69) is 32.3 Å². The van der Waals surface area contributed by atoms with E-state index in [1.54, 1.807) is 0 Å². The minimum atomic E-state index is -0.347. The number of piperidine rings is 1. The van der Waals surface area contributed by atoms with Gasteiger partial charge in [-0.25, -0.2) is 4.68 Å². The first-order valence-corrected chi connectivity index (χ1v) is 12.2. The lowest BCUT2D eigenvalue weighted by Gasteiger charge is -2.36. The standard InChI is InChI=1S/C24H30N6O4/c1-15-4-2-6-29(13-15)22(23-26-27-28-30(23)14-17-5-3-7-32-17)18-10-16-11-20-21(34-9-8-33-20)12-19(16)25-24(18)31/h10-12,15,17,22H,2-9,13-14H2,1H3,(H,25,31)/t15-,17+,22-/m1/s1. The van der Waals surface area contributed by atoms with Crippen molar-refractivity contribution in [3.05, 3.63) is 39.9 Å². The van der Waals surface area contributed by atoms with E-state index in [0.29, 0.717) is 48.6 Å². The van der Waals surface area contributed by atoms with Gasteiger partial charge in [-0.3, -0.25) is 9.69 Å². The molecule has 0 radical (unpaired) electrons. The van der Waals surface area contributed by atoms with Gasteiger partial charge in [-0.2, -0.15) is 0 Å². The van der Waals surface area contributed by atoms with Gasteiger partial charge in [0.15, 0.2) is 17.3 Å². The predicted molar refractivity (Wildman–Crippen MR) is 124 cm³/mol. The first-order valence-electron chi connectivity index (χ1n) is 12.2. The van der Waals surface area contributed by atoms with Crippen molar-refractivity contribution in [3.63, 3.8) is 0 Å². The molecule has 0 bridgehead atoms. The number of hydrogen-bond acceptors (Lipinski definition) is 8. The highest BCUT2D eigenvalue weighted by Gasteiger charge is 2.33. The van der Waals surface area contributed by atoms with Crippen LogP contribution in [0.5, 0.6) is 11.5 Å². The summed E-state index contributed by atoms with van der Waals surface area (Å²) in [6, 6.07) is 5.39. The van der Waals surface area contributed by atoms with Crippen LogP contribution in [0.1, 0.15) is 50.0 Å². The summed E-state index contributed by atoms with van der Waals surface area (Å²) in [5.41, 5.74) is 1.23. The summed E-state index contributed by atoms with van der Waals surface area (Å²) in [7, 11) is 0. The Morgan fingerprint density at radius 3 is 2.76 bits per heavy atom. The normalized spacial score (nSPS) is 23.9. The highest BCUT2D eigenvalue weighted by molar-refractivity contribution is 5.83. The molecule has 6 rings (SSSR count). The van der Waals surface area contributed by atoms with Crippen molar-refractivity contribution in [2.45, 2.75) is 51.3 Å². The number of aromatic nitrogens is 5. The van der Waals surface area contributed by atoms with Gasteiger partial charge in [-0.05, 0) is 60.7 Å². The average molecular weight is 467 g/mol. The van der Waals surface area contributed by atoms with E-state index in [1.807, 2.05) is 22.9 Å². The van der Waals surface area contributed by atoms with E-state index in [1.165, 1.54) is 6.42 Å². The highest BCUT2D eigenvalue weighted by Crippen LogP contribution is 2.36. The molecule has 10 nitrogen and oxygen atoms in total. The number of fused-ring (bicyclic) bond motifs is 2. The van der Waals surface area contributed by atoms with Crippen LogP contribution in [0.15, 0.2) is 23.0 Å². The number of hydrogen-bond donors (Lipinski definition) is 1. The van der Waals surface area contributed by atoms with Crippen LogP contribution in [0.25, 0.3) is 10.9 Å². The Balaban J connectivity index is 1.45. The van der Waals surface area contributed by atoms with Gasteiger partial charge in [-0.1, -0.05) is 6.92 Å². The molecule has 2 saturated heterocycles. The second-order valence-electron chi connectivity index (χ2n) is 9.64. The van der Waals surface area contributed by atoms with Gasteiger partial charge in [0.1, 0.15) is 19.3 Å². The topological polar surface area (TPSA) is 107 Å². The van der Waals surface area contributed by atoms with E-state index < -0.39 is 0 Å². The molecular formula is C24H30N6O4. The number of tetrazole rings is 1. The number of pyridine rings is 1. The first kappa shape index (κ1) is 21.5. The molecule has 3 aliphatic heterocycles. The van der Waals surface area contributed by atoms with E-state index in [0.717, 1.165) is 49.9 Å². The molecule has 0 amide bonds. The lowest BCUT2D eigenvalue weighted by atomic mass is 9.95. The van der Waals surface area contributed by atoms with Crippen molar-refractivity contribution in [2.75, 3.05) is 32.9 Å². The Morgan fingerprint density at radius 1 is 1.12 bits per heavy atom. The molecule has 0 saturated carbocycles. The monoisotopic (exact) mass is 466 g/mol. The van der Waals surface area contributed by atoms with Gasteiger partial charge in [0.25, 0.3) is 5.56 Å². The molecule has 3 aliphatic rings. The summed E-state index contributed by atoms with van der Waals surface area (Å²) < 4.78 is 19.1. The van der Waals surface area contributed by atoms with Gasteiger partial charge in [0.2, 0.25) is 0 Å². The maximum Gasteiger partial charge on any atom is 0.253 e. The Labute approximate surface area is 197 Å². The van der Waals surface area contributed by atoms with E-state index in [4.69, 9.17) is 14.2 Å². The summed E-state index contributed by atoms with van der Waals surface area (Å²) in [6.07, 6.45) is 4.41. The van der Waals surface area contributed by atoms with Gasteiger partial charge in [0.05, 0.1) is 18.2 Å². The van der Waals surface area contributed by atoms with Crippen molar-refractivity contribution in [1.82, 2.24) is 30.1 Å². The number of aromatic amines is 1. The van der Waals surface area contributed by atoms with Crippen molar-refractivity contribution >= 4 is 10.9 Å². The predicted octanol–water partition coefficient (Wildman–Crippen LogP) is 2.29. The lowest BCUT2D eigenvalue weighted by molar-refractivity contribution is 0.0889. The number of nitrogens with one attached hydrogen (secondary N) is 1. The number of benzene rings is 1. The smallest absolute Gasteiger partial charge is 0.253 e. The van der Waals surface area contributed by atoms with Crippen LogP contribution in [0, 0.1) is 5.92 Å². The summed E-state index contributed by atoms with van der Waals surface area (Å²) in [4.78, 5) is 18.9. The van der Waals surface area contributed by atoms with E-state index in [-0.39, 0.29) is 17.7 Å². The molecule has 34 heavy (non-hydrogen) atoms. The van der Waals surface area contributed by atoms with Crippen LogP contribution in [0.4, 0.5) is 0 Å².